The molecule has 9 heteroatoms. The van der Waals surface area contributed by atoms with E-state index in [1.165, 1.54) is 11.8 Å². The molecule has 0 unspecified atom stereocenters. The highest BCUT2D eigenvalue weighted by atomic mass is 32.2. The fourth-order valence-corrected chi connectivity index (χ4v) is 3.62. The molecule has 0 fully saturated rings. The SMILES string of the molecule is C=CCn1c(SCC(=O)NCC(=O)Nc2cccc(C)c2C)nnc1-c1ccncc1. The van der Waals surface area contributed by atoms with Gasteiger partial charge in [-0.3, -0.25) is 19.1 Å². The van der Waals surface area contributed by atoms with Gasteiger partial charge in [0.25, 0.3) is 0 Å². The summed E-state index contributed by atoms with van der Waals surface area (Å²) in [5.41, 5.74) is 3.72. The summed E-state index contributed by atoms with van der Waals surface area (Å²) in [6.45, 7) is 8.11. The van der Waals surface area contributed by atoms with Gasteiger partial charge in [-0.2, -0.15) is 0 Å². The standard InChI is InChI=1S/C22H24N6O2S/c1-4-12-28-21(17-8-10-23-11-9-17)26-27-22(28)31-14-20(30)24-13-19(29)25-18-7-5-6-15(2)16(18)3/h4-11H,1,12-14H2,2-3H3,(H,24,30)(H,25,29). The minimum atomic E-state index is -0.276. The second-order valence-electron chi connectivity index (χ2n) is 6.80. The first kappa shape index (κ1) is 22.2. The number of rotatable bonds is 9. The summed E-state index contributed by atoms with van der Waals surface area (Å²) in [6.07, 6.45) is 5.12. The average Bonchev–Trinajstić information content (AvgIpc) is 3.17. The quantitative estimate of drug-likeness (QED) is 0.395. The van der Waals surface area contributed by atoms with Crippen LogP contribution in [0, 0.1) is 13.8 Å². The van der Waals surface area contributed by atoms with Gasteiger partial charge in [0.05, 0.1) is 12.3 Å². The Bertz CT molecular complexity index is 1080. The number of thioether (sulfide) groups is 1. The maximum absolute atomic E-state index is 12.2. The fraction of sp³-hybridized carbons (Fsp3) is 0.227. The number of amides is 2. The largest absolute Gasteiger partial charge is 0.346 e. The maximum Gasteiger partial charge on any atom is 0.243 e. The molecule has 0 aliphatic heterocycles. The van der Waals surface area contributed by atoms with E-state index in [-0.39, 0.29) is 24.1 Å². The zero-order valence-corrected chi connectivity index (χ0v) is 18.3. The predicted octanol–water partition coefficient (Wildman–Crippen LogP) is 2.99. The first-order chi connectivity index (χ1) is 15.0. The van der Waals surface area contributed by atoms with Gasteiger partial charge in [0, 0.05) is 30.2 Å². The van der Waals surface area contributed by atoms with Crippen molar-refractivity contribution in [2.24, 2.45) is 0 Å². The van der Waals surface area contributed by atoms with Crippen molar-refractivity contribution < 1.29 is 9.59 Å². The minimum absolute atomic E-state index is 0.103. The number of hydrogen-bond acceptors (Lipinski definition) is 6. The Balaban J connectivity index is 1.55. The zero-order chi connectivity index (χ0) is 22.2. The van der Waals surface area contributed by atoms with Gasteiger partial charge in [-0.1, -0.05) is 30.0 Å². The molecule has 0 atom stereocenters. The van der Waals surface area contributed by atoms with Crippen molar-refractivity contribution in [2.75, 3.05) is 17.6 Å². The summed E-state index contributed by atoms with van der Waals surface area (Å²) in [5, 5.41) is 14.5. The number of aromatic nitrogens is 4. The molecule has 0 aliphatic carbocycles. The Morgan fingerprint density at radius 1 is 1.13 bits per heavy atom. The number of carbonyl (C=O) groups excluding carboxylic acids is 2. The summed E-state index contributed by atoms with van der Waals surface area (Å²) < 4.78 is 1.88. The molecule has 0 saturated heterocycles. The zero-order valence-electron chi connectivity index (χ0n) is 17.5. The van der Waals surface area contributed by atoms with E-state index < -0.39 is 0 Å². The number of carbonyl (C=O) groups is 2. The summed E-state index contributed by atoms with van der Waals surface area (Å²) in [4.78, 5) is 28.4. The van der Waals surface area contributed by atoms with E-state index in [4.69, 9.17) is 0 Å². The van der Waals surface area contributed by atoms with Crippen LogP contribution in [0.15, 0.2) is 60.5 Å². The van der Waals surface area contributed by atoms with Crippen LogP contribution in [0.25, 0.3) is 11.4 Å². The van der Waals surface area contributed by atoms with Crippen LogP contribution in [0.5, 0.6) is 0 Å². The van der Waals surface area contributed by atoms with Crippen molar-refractivity contribution in [3.05, 3.63) is 66.5 Å². The molecule has 0 spiro atoms. The van der Waals surface area contributed by atoms with Crippen LogP contribution in [0.4, 0.5) is 5.69 Å². The second-order valence-corrected chi connectivity index (χ2v) is 7.74. The van der Waals surface area contributed by atoms with Gasteiger partial charge in [0.15, 0.2) is 11.0 Å². The molecule has 2 amide bonds. The van der Waals surface area contributed by atoms with Gasteiger partial charge in [-0.25, -0.2) is 0 Å². The maximum atomic E-state index is 12.2. The van der Waals surface area contributed by atoms with E-state index in [1.807, 2.05) is 48.7 Å². The highest BCUT2D eigenvalue weighted by molar-refractivity contribution is 7.99. The van der Waals surface area contributed by atoms with Gasteiger partial charge >= 0.3 is 0 Å². The molecular formula is C22H24N6O2S. The Hall–Kier alpha value is -3.46. The summed E-state index contributed by atoms with van der Waals surface area (Å²) >= 11 is 1.25. The van der Waals surface area contributed by atoms with Crippen molar-refractivity contribution in [2.45, 2.75) is 25.5 Å². The van der Waals surface area contributed by atoms with E-state index in [2.05, 4.69) is 32.4 Å². The predicted molar refractivity (Wildman–Crippen MR) is 122 cm³/mol. The summed E-state index contributed by atoms with van der Waals surface area (Å²) in [5.74, 6) is 0.252. The molecule has 3 rings (SSSR count). The van der Waals surface area contributed by atoms with Crippen LogP contribution in [0.3, 0.4) is 0 Å². The van der Waals surface area contributed by atoms with E-state index in [9.17, 15) is 9.59 Å². The molecule has 2 heterocycles. The highest BCUT2D eigenvalue weighted by Crippen LogP contribution is 2.23. The number of aryl methyl sites for hydroxylation is 1. The van der Waals surface area contributed by atoms with E-state index in [0.29, 0.717) is 17.5 Å². The van der Waals surface area contributed by atoms with E-state index in [0.717, 1.165) is 22.4 Å². The molecule has 160 valence electrons. The van der Waals surface area contributed by atoms with Crippen LogP contribution >= 0.6 is 11.8 Å². The number of allylic oxidation sites excluding steroid dienone is 1. The first-order valence-electron chi connectivity index (χ1n) is 9.69. The molecular weight excluding hydrogens is 412 g/mol. The Morgan fingerprint density at radius 3 is 2.65 bits per heavy atom. The van der Waals surface area contributed by atoms with E-state index in [1.54, 1.807) is 18.5 Å². The molecule has 0 radical (unpaired) electrons. The van der Waals surface area contributed by atoms with E-state index >= 15 is 0 Å². The Labute approximate surface area is 185 Å². The van der Waals surface area contributed by atoms with Gasteiger partial charge in [0.2, 0.25) is 11.8 Å². The van der Waals surface area contributed by atoms with Crippen molar-refractivity contribution in [3.63, 3.8) is 0 Å². The number of pyridine rings is 1. The molecule has 0 bridgehead atoms. The molecule has 0 aliphatic rings. The molecule has 1 aromatic carbocycles. The Kier molecular flexibility index (Phi) is 7.55. The van der Waals surface area contributed by atoms with Gasteiger partial charge in [-0.05, 0) is 43.2 Å². The van der Waals surface area contributed by atoms with Crippen LogP contribution in [-0.4, -0.2) is 43.9 Å². The molecule has 2 aromatic heterocycles. The van der Waals surface area contributed by atoms with Crippen LogP contribution in [0.1, 0.15) is 11.1 Å². The first-order valence-corrected chi connectivity index (χ1v) is 10.7. The number of benzene rings is 1. The van der Waals surface area contributed by atoms with Gasteiger partial charge < -0.3 is 10.6 Å². The highest BCUT2D eigenvalue weighted by Gasteiger charge is 2.15. The average molecular weight is 437 g/mol. The van der Waals surface area contributed by atoms with Crippen molar-refractivity contribution in [3.8, 4) is 11.4 Å². The summed E-state index contributed by atoms with van der Waals surface area (Å²) in [7, 11) is 0. The Morgan fingerprint density at radius 2 is 1.90 bits per heavy atom. The van der Waals surface area contributed by atoms with Gasteiger partial charge in [0.1, 0.15) is 0 Å². The molecule has 2 N–H and O–H groups in total. The monoisotopic (exact) mass is 436 g/mol. The minimum Gasteiger partial charge on any atom is -0.346 e. The molecule has 3 aromatic rings. The van der Waals surface area contributed by atoms with Crippen molar-refractivity contribution in [1.29, 1.82) is 0 Å². The van der Waals surface area contributed by atoms with Gasteiger partial charge in [-0.15, -0.1) is 16.8 Å². The normalized spacial score (nSPS) is 10.5. The second kappa shape index (κ2) is 10.5. The van der Waals surface area contributed by atoms with Crippen LogP contribution in [-0.2, 0) is 16.1 Å². The third kappa shape index (κ3) is 5.79. The lowest BCUT2D eigenvalue weighted by Crippen LogP contribution is -2.34. The number of nitrogens with one attached hydrogen (secondary N) is 2. The van der Waals surface area contributed by atoms with Crippen molar-refractivity contribution >= 4 is 29.3 Å². The lowest BCUT2D eigenvalue weighted by molar-refractivity contribution is -0.122. The third-order valence-electron chi connectivity index (χ3n) is 4.62. The van der Waals surface area contributed by atoms with Crippen LogP contribution in [0.2, 0.25) is 0 Å². The third-order valence-corrected chi connectivity index (χ3v) is 5.59. The molecule has 31 heavy (non-hydrogen) atoms. The number of hydrogen-bond donors (Lipinski definition) is 2. The number of nitrogens with zero attached hydrogens (tertiary/aromatic N) is 4. The fourth-order valence-electron chi connectivity index (χ4n) is 2.84. The number of anilines is 1. The smallest absolute Gasteiger partial charge is 0.243 e. The molecule has 8 nitrogen and oxygen atoms in total. The summed E-state index contributed by atoms with van der Waals surface area (Å²) in [6, 6.07) is 9.39. The van der Waals surface area contributed by atoms with Crippen molar-refractivity contribution in [1.82, 2.24) is 25.1 Å². The molecule has 0 saturated carbocycles. The lowest BCUT2D eigenvalue weighted by atomic mass is 10.1. The lowest BCUT2D eigenvalue weighted by Gasteiger charge is -2.11. The topological polar surface area (TPSA) is 102 Å². The van der Waals surface area contributed by atoms with Crippen LogP contribution < -0.4 is 10.6 Å².